The van der Waals surface area contributed by atoms with Crippen LogP contribution in [-0.2, 0) is 13.2 Å². The first kappa shape index (κ1) is 18.2. The molecule has 5 nitrogen and oxygen atoms in total. The lowest BCUT2D eigenvalue weighted by molar-refractivity contribution is 0.272. The number of benzene rings is 2. The normalized spacial score (nSPS) is 12.3. The Hall–Kier alpha value is -2.63. The number of hydrogen-bond donors (Lipinski definition) is 2. The van der Waals surface area contributed by atoms with Gasteiger partial charge in [0.1, 0.15) is 17.9 Å². The molecule has 0 aliphatic rings. The molecule has 3 rings (SSSR count). The molecule has 0 bridgehead atoms. The highest BCUT2D eigenvalue weighted by atomic mass is 16.5. The van der Waals surface area contributed by atoms with E-state index in [0.717, 1.165) is 28.6 Å². The SMILES string of the molecule is Cc1cc(=O)oc2cc(OCC(C)NCc3ccc(CO)cc3)ccc12. The summed E-state index contributed by atoms with van der Waals surface area (Å²) in [7, 11) is 0. The van der Waals surface area contributed by atoms with Gasteiger partial charge in [-0.15, -0.1) is 0 Å². The minimum Gasteiger partial charge on any atom is -0.492 e. The predicted molar refractivity (Wildman–Crippen MR) is 101 cm³/mol. The van der Waals surface area contributed by atoms with Gasteiger partial charge >= 0.3 is 5.63 Å². The second-order valence-corrected chi connectivity index (χ2v) is 6.47. The summed E-state index contributed by atoms with van der Waals surface area (Å²) in [5.74, 6) is 0.673. The van der Waals surface area contributed by atoms with Crippen molar-refractivity contribution in [1.82, 2.24) is 5.32 Å². The van der Waals surface area contributed by atoms with E-state index in [1.54, 1.807) is 6.07 Å². The number of aliphatic hydroxyl groups is 1. The first-order chi connectivity index (χ1) is 12.5. The molecule has 0 fully saturated rings. The van der Waals surface area contributed by atoms with Crippen LogP contribution in [0.4, 0.5) is 0 Å². The molecular weight excluding hydrogens is 330 g/mol. The minimum atomic E-state index is -0.352. The molecule has 5 heteroatoms. The van der Waals surface area contributed by atoms with E-state index < -0.39 is 0 Å². The lowest BCUT2D eigenvalue weighted by Crippen LogP contribution is -2.31. The Bertz CT molecular complexity index is 931. The van der Waals surface area contributed by atoms with Gasteiger partial charge in [-0.1, -0.05) is 24.3 Å². The highest BCUT2D eigenvalue weighted by Crippen LogP contribution is 2.22. The zero-order chi connectivity index (χ0) is 18.5. The third-order valence-electron chi connectivity index (χ3n) is 4.28. The molecule has 0 aliphatic carbocycles. The molecule has 0 radical (unpaired) electrons. The second kappa shape index (κ2) is 8.17. The molecule has 1 aromatic heterocycles. The van der Waals surface area contributed by atoms with Gasteiger partial charge < -0.3 is 19.6 Å². The number of aryl methyl sites for hydroxylation is 1. The number of fused-ring (bicyclic) bond motifs is 1. The highest BCUT2D eigenvalue weighted by Gasteiger charge is 2.07. The predicted octanol–water partition coefficient (Wildman–Crippen LogP) is 3.15. The molecule has 0 spiro atoms. The summed E-state index contributed by atoms with van der Waals surface area (Å²) in [6, 6.07) is 15.0. The fraction of sp³-hybridized carbons (Fsp3) is 0.286. The standard InChI is InChI=1S/C21H23NO4/c1-14-9-21(24)26-20-10-18(7-8-19(14)20)25-13-15(2)22-11-16-3-5-17(12-23)6-4-16/h3-10,15,22-23H,11-13H2,1-2H3. The molecule has 1 unspecified atom stereocenters. The average Bonchev–Trinajstić information content (AvgIpc) is 2.64. The van der Waals surface area contributed by atoms with Crippen molar-refractivity contribution in [2.24, 2.45) is 0 Å². The summed E-state index contributed by atoms with van der Waals surface area (Å²) in [6.07, 6.45) is 0. The molecule has 0 amide bonds. The van der Waals surface area contributed by atoms with Crippen LogP contribution in [-0.4, -0.2) is 17.8 Å². The van der Waals surface area contributed by atoms with E-state index in [1.807, 2.05) is 50.2 Å². The largest absolute Gasteiger partial charge is 0.492 e. The van der Waals surface area contributed by atoms with Crippen molar-refractivity contribution in [2.75, 3.05) is 6.61 Å². The van der Waals surface area contributed by atoms with Gasteiger partial charge in [-0.2, -0.15) is 0 Å². The van der Waals surface area contributed by atoms with Crippen molar-refractivity contribution < 1.29 is 14.3 Å². The van der Waals surface area contributed by atoms with Gasteiger partial charge in [0.05, 0.1) is 6.61 Å². The van der Waals surface area contributed by atoms with Crippen molar-refractivity contribution in [2.45, 2.75) is 33.0 Å². The van der Waals surface area contributed by atoms with Gasteiger partial charge in [0.2, 0.25) is 0 Å². The fourth-order valence-corrected chi connectivity index (χ4v) is 2.73. The topological polar surface area (TPSA) is 71.7 Å². The van der Waals surface area contributed by atoms with Gasteiger partial charge in [-0.3, -0.25) is 0 Å². The zero-order valence-corrected chi connectivity index (χ0v) is 15.0. The molecule has 26 heavy (non-hydrogen) atoms. The molecule has 0 saturated carbocycles. The van der Waals surface area contributed by atoms with Crippen LogP contribution < -0.4 is 15.7 Å². The molecule has 1 heterocycles. The molecule has 0 saturated heterocycles. The number of rotatable bonds is 7. The van der Waals surface area contributed by atoms with Crippen LogP contribution in [0.3, 0.4) is 0 Å². The van der Waals surface area contributed by atoms with E-state index in [-0.39, 0.29) is 18.3 Å². The van der Waals surface area contributed by atoms with Crippen LogP contribution in [0.15, 0.2) is 57.7 Å². The van der Waals surface area contributed by atoms with Crippen molar-refractivity contribution in [3.05, 3.63) is 75.6 Å². The first-order valence-corrected chi connectivity index (χ1v) is 8.64. The van der Waals surface area contributed by atoms with E-state index in [1.165, 1.54) is 6.07 Å². The van der Waals surface area contributed by atoms with Gasteiger partial charge in [0.15, 0.2) is 0 Å². The number of aliphatic hydroxyl groups excluding tert-OH is 1. The summed E-state index contributed by atoms with van der Waals surface area (Å²) in [4.78, 5) is 11.5. The summed E-state index contributed by atoms with van der Waals surface area (Å²) < 4.78 is 11.1. The van der Waals surface area contributed by atoms with E-state index in [0.29, 0.717) is 17.9 Å². The van der Waals surface area contributed by atoms with Crippen molar-refractivity contribution in [3.63, 3.8) is 0 Å². The summed E-state index contributed by atoms with van der Waals surface area (Å²) in [5.41, 5.74) is 3.14. The van der Waals surface area contributed by atoms with E-state index in [2.05, 4.69) is 5.32 Å². The fourth-order valence-electron chi connectivity index (χ4n) is 2.73. The summed E-state index contributed by atoms with van der Waals surface area (Å²) in [6.45, 7) is 5.22. The zero-order valence-electron chi connectivity index (χ0n) is 15.0. The lowest BCUT2D eigenvalue weighted by atomic mass is 10.1. The second-order valence-electron chi connectivity index (χ2n) is 6.47. The Labute approximate surface area is 152 Å². The van der Waals surface area contributed by atoms with Gasteiger partial charge in [-0.05, 0) is 42.7 Å². The van der Waals surface area contributed by atoms with E-state index >= 15 is 0 Å². The Balaban J connectivity index is 1.56. The van der Waals surface area contributed by atoms with E-state index in [9.17, 15) is 4.79 Å². The molecule has 2 N–H and O–H groups in total. The summed E-state index contributed by atoms with van der Waals surface area (Å²) in [5, 5.41) is 13.4. The maximum absolute atomic E-state index is 11.5. The van der Waals surface area contributed by atoms with E-state index in [4.69, 9.17) is 14.3 Å². The van der Waals surface area contributed by atoms with Crippen LogP contribution in [0.25, 0.3) is 11.0 Å². The van der Waals surface area contributed by atoms with Crippen LogP contribution >= 0.6 is 0 Å². The maximum Gasteiger partial charge on any atom is 0.336 e. The monoisotopic (exact) mass is 353 g/mol. The van der Waals surface area contributed by atoms with Gasteiger partial charge in [-0.25, -0.2) is 4.79 Å². The van der Waals surface area contributed by atoms with Crippen molar-refractivity contribution in [1.29, 1.82) is 0 Å². The molecule has 2 aromatic carbocycles. The third kappa shape index (κ3) is 4.50. The Morgan fingerprint density at radius 3 is 2.58 bits per heavy atom. The summed E-state index contributed by atoms with van der Waals surface area (Å²) >= 11 is 0. The van der Waals surface area contributed by atoms with Crippen LogP contribution in [0.2, 0.25) is 0 Å². The first-order valence-electron chi connectivity index (χ1n) is 8.64. The quantitative estimate of drug-likeness (QED) is 0.639. The molecular formula is C21H23NO4. The van der Waals surface area contributed by atoms with Crippen molar-refractivity contribution >= 4 is 11.0 Å². The van der Waals surface area contributed by atoms with Gasteiger partial charge in [0.25, 0.3) is 0 Å². The lowest BCUT2D eigenvalue weighted by Gasteiger charge is -2.15. The maximum atomic E-state index is 11.5. The smallest absolute Gasteiger partial charge is 0.336 e. The Kier molecular flexibility index (Phi) is 5.71. The number of ether oxygens (including phenoxy) is 1. The molecule has 3 aromatic rings. The molecule has 0 aliphatic heterocycles. The van der Waals surface area contributed by atoms with Crippen LogP contribution in [0.5, 0.6) is 5.75 Å². The average molecular weight is 353 g/mol. The highest BCUT2D eigenvalue weighted by molar-refractivity contribution is 5.81. The van der Waals surface area contributed by atoms with Gasteiger partial charge in [0, 0.05) is 30.1 Å². The molecule has 1 atom stereocenters. The number of nitrogens with one attached hydrogen (secondary N) is 1. The van der Waals surface area contributed by atoms with Crippen LogP contribution in [0.1, 0.15) is 23.6 Å². The van der Waals surface area contributed by atoms with Crippen molar-refractivity contribution in [3.8, 4) is 5.75 Å². The number of hydrogen-bond acceptors (Lipinski definition) is 5. The third-order valence-corrected chi connectivity index (χ3v) is 4.28. The Morgan fingerprint density at radius 1 is 1.12 bits per heavy atom. The Morgan fingerprint density at radius 2 is 1.85 bits per heavy atom. The molecule has 136 valence electrons. The minimum absolute atomic E-state index is 0.0589. The van der Waals surface area contributed by atoms with Crippen LogP contribution in [0, 0.1) is 6.92 Å².